The van der Waals surface area contributed by atoms with Crippen molar-refractivity contribution in [3.05, 3.63) is 0 Å². The summed E-state index contributed by atoms with van der Waals surface area (Å²) < 4.78 is 21.7. The third-order valence-electron chi connectivity index (χ3n) is 0.625. The van der Waals surface area contributed by atoms with E-state index in [9.17, 15) is 9.00 Å². The van der Waals surface area contributed by atoms with Gasteiger partial charge in [0.15, 0.2) is 0 Å². The van der Waals surface area contributed by atoms with E-state index in [1.54, 1.807) is 13.8 Å². The van der Waals surface area contributed by atoms with Crippen LogP contribution in [0.4, 0.5) is 0 Å². The maximum atomic E-state index is 10.4. The molecule has 1 unspecified atom stereocenters. The van der Waals surface area contributed by atoms with Crippen molar-refractivity contribution in [3.8, 4) is 0 Å². The SMILES string of the molecule is CC(C)C(=O)OS(=O)O. The molecule has 0 rings (SSSR count). The Kier molecular flexibility index (Phi) is 3.41. The Bertz CT molecular complexity index is 131. The van der Waals surface area contributed by atoms with E-state index < -0.39 is 17.3 Å². The summed E-state index contributed by atoms with van der Waals surface area (Å²) in [5.41, 5.74) is 0. The predicted molar refractivity (Wildman–Crippen MR) is 31.7 cm³/mol. The number of hydrogen-bond acceptors (Lipinski definition) is 3. The monoisotopic (exact) mass is 152 g/mol. The van der Waals surface area contributed by atoms with Gasteiger partial charge in [0.05, 0.1) is 5.92 Å². The van der Waals surface area contributed by atoms with E-state index in [1.807, 2.05) is 0 Å². The van der Waals surface area contributed by atoms with E-state index in [-0.39, 0.29) is 5.92 Å². The molecule has 0 aliphatic carbocycles. The molecule has 0 radical (unpaired) electrons. The summed E-state index contributed by atoms with van der Waals surface area (Å²) in [4.78, 5) is 10.4. The van der Waals surface area contributed by atoms with Gasteiger partial charge < -0.3 is 4.18 Å². The Morgan fingerprint density at radius 1 is 1.67 bits per heavy atom. The van der Waals surface area contributed by atoms with Crippen molar-refractivity contribution in [1.82, 2.24) is 0 Å². The van der Waals surface area contributed by atoms with E-state index in [0.717, 1.165) is 0 Å². The topological polar surface area (TPSA) is 63.6 Å². The number of carbonyl (C=O) groups is 1. The van der Waals surface area contributed by atoms with Crippen LogP contribution in [0.5, 0.6) is 0 Å². The van der Waals surface area contributed by atoms with Gasteiger partial charge in [-0.3, -0.25) is 9.35 Å². The van der Waals surface area contributed by atoms with Crippen molar-refractivity contribution in [2.24, 2.45) is 5.92 Å². The second-order valence-corrected chi connectivity index (χ2v) is 2.38. The lowest BCUT2D eigenvalue weighted by Crippen LogP contribution is -2.12. The van der Waals surface area contributed by atoms with Gasteiger partial charge in [0.25, 0.3) is 0 Å². The van der Waals surface area contributed by atoms with Gasteiger partial charge in [-0.1, -0.05) is 13.8 Å². The Morgan fingerprint density at radius 3 is 2.22 bits per heavy atom. The first-order chi connectivity index (χ1) is 4.04. The molecule has 0 spiro atoms. The quantitative estimate of drug-likeness (QED) is 0.579. The molecule has 0 saturated heterocycles. The van der Waals surface area contributed by atoms with Crippen LogP contribution in [-0.2, 0) is 20.3 Å². The summed E-state index contributed by atoms with van der Waals surface area (Å²) in [6, 6.07) is 0. The molecule has 0 aliphatic rings. The lowest BCUT2D eigenvalue weighted by Gasteiger charge is -1.99. The average molecular weight is 152 g/mol. The predicted octanol–water partition coefficient (Wildman–Crippen LogP) is 0.322. The zero-order valence-electron chi connectivity index (χ0n) is 5.16. The van der Waals surface area contributed by atoms with Crippen LogP contribution in [-0.4, -0.2) is 14.7 Å². The lowest BCUT2D eigenvalue weighted by atomic mass is 10.2. The molecule has 0 fully saturated rings. The van der Waals surface area contributed by atoms with Crippen molar-refractivity contribution >= 4 is 17.3 Å². The van der Waals surface area contributed by atoms with Gasteiger partial charge in [-0.05, 0) is 0 Å². The van der Waals surface area contributed by atoms with Gasteiger partial charge in [-0.2, -0.15) is 4.21 Å². The van der Waals surface area contributed by atoms with Crippen LogP contribution < -0.4 is 0 Å². The molecule has 0 heterocycles. The molecule has 5 heteroatoms. The Morgan fingerprint density at radius 2 is 2.11 bits per heavy atom. The maximum absolute atomic E-state index is 10.4. The molecule has 0 aromatic carbocycles. The summed E-state index contributed by atoms with van der Waals surface area (Å²) in [5.74, 6) is -1.03. The van der Waals surface area contributed by atoms with E-state index in [1.165, 1.54) is 0 Å². The normalized spacial score (nSPS) is 13.3. The van der Waals surface area contributed by atoms with Crippen LogP contribution in [0.1, 0.15) is 13.8 Å². The highest BCUT2D eigenvalue weighted by Gasteiger charge is 2.10. The maximum Gasteiger partial charge on any atom is 0.360 e. The highest BCUT2D eigenvalue weighted by atomic mass is 32.2. The smallest absolute Gasteiger partial charge is 0.343 e. The molecule has 4 nitrogen and oxygen atoms in total. The second kappa shape index (κ2) is 3.58. The van der Waals surface area contributed by atoms with Crippen molar-refractivity contribution in [3.63, 3.8) is 0 Å². The summed E-state index contributed by atoms with van der Waals surface area (Å²) >= 11 is -2.47. The third kappa shape index (κ3) is 4.11. The summed E-state index contributed by atoms with van der Waals surface area (Å²) in [6.45, 7) is 3.16. The summed E-state index contributed by atoms with van der Waals surface area (Å²) in [7, 11) is 0. The van der Waals surface area contributed by atoms with E-state index >= 15 is 0 Å². The Hall–Kier alpha value is -0.420. The lowest BCUT2D eigenvalue weighted by molar-refractivity contribution is -0.137. The first kappa shape index (κ1) is 8.58. The first-order valence-corrected chi connectivity index (χ1v) is 3.40. The van der Waals surface area contributed by atoms with Gasteiger partial charge in [-0.15, -0.1) is 0 Å². The number of carbonyl (C=O) groups excluding carboxylic acids is 1. The molecular formula is C4H8O4S. The standard InChI is InChI=1S/C4H8O4S/c1-3(2)4(5)8-9(6)7/h3H,1-2H3,(H,6,7). The van der Waals surface area contributed by atoms with Crippen LogP contribution in [0.2, 0.25) is 0 Å². The van der Waals surface area contributed by atoms with Crippen molar-refractivity contribution < 1.29 is 17.7 Å². The average Bonchev–Trinajstić information content (AvgIpc) is 1.63. The summed E-state index contributed by atoms with van der Waals surface area (Å²) in [6.07, 6.45) is 0. The molecule has 1 atom stereocenters. The van der Waals surface area contributed by atoms with Gasteiger partial charge in [0, 0.05) is 0 Å². The molecular weight excluding hydrogens is 144 g/mol. The molecule has 54 valence electrons. The molecule has 0 amide bonds. The fourth-order valence-corrected chi connectivity index (χ4v) is 0.499. The Balaban J connectivity index is 3.64. The molecule has 9 heavy (non-hydrogen) atoms. The van der Waals surface area contributed by atoms with Crippen molar-refractivity contribution in [2.45, 2.75) is 13.8 Å². The zero-order chi connectivity index (χ0) is 7.44. The van der Waals surface area contributed by atoms with Crippen LogP contribution in [0, 0.1) is 5.92 Å². The van der Waals surface area contributed by atoms with Crippen LogP contribution in [0.3, 0.4) is 0 Å². The number of hydrogen-bond donors (Lipinski definition) is 1. The Labute approximate surface area is 55.7 Å². The first-order valence-electron chi connectivity index (χ1n) is 2.37. The van der Waals surface area contributed by atoms with Gasteiger partial charge in [-0.25, -0.2) is 0 Å². The highest BCUT2D eigenvalue weighted by molar-refractivity contribution is 7.74. The fraction of sp³-hybridized carbons (Fsp3) is 0.750. The van der Waals surface area contributed by atoms with Gasteiger partial charge in [0.1, 0.15) is 0 Å². The minimum Gasteiger partial charge on any atom is -0.343 e. The number of rotatable bonds is 2. The van der Waals surface area contributed by atoms with Crippen LogP contribution >= 0.6 is 0 Å². The van der Waals surface area contributed by atoms with E-state index in [0.29, 0.717) is 0 Å². The largest absolute Gasteiger partial charge is 0.360 e. The van der Waals surface area contributed by atoms with Gasteiger partial charge >= 0.3 is 17.3 Å². The molecule has 1 N–H and O–H groups in total. The zero-order valence-corrected chi connectivity index (χ0v) is 5.97. The van der Waals surface area contributed by atoms with E-state index in [4.69, 9.17) is 4.55 Å². The summed E-state index contributed by atoms with van der Waals surface area (Å²) in [5, 5.41) is 0. The molecule has 0 aromatic rings. The van der Waals surface area contributed by atoms with Crippen molar-refractivity contribution in [1.29, 1.82) is 0 Å². The van der Waals surface area contributed by atoms with Gasteiger partial charge in [0.2, 0.25) is 0 Å². The molecule has 0 aromatic heterocycles. The minimum atomic E-state index is -2.47. The van der Waals surface area contributed by atoms with E-state index in [2.05, 4.69) is 4.18 Å². The molecule has 0 saturated carbocycles. The third-order valence-corrected chi connectivity index (χ3v) is 0.932. The molecule has 0 bridgehead atoms. The van der Waals surface area contributed by atoms with Crippen molar-refractivity contribution in [2.75, 3.05) is 0 Å². The fourth-order valence-electron chi connectivity index (χ4n) is 0.166. The van der Waals surface area contributed by atoms with Crippen LogP contribution in [0.25, 0.3) is 0 Å². The second-order valence-electron chi connectivity index (χ2n) is 1.77. The highest BCUT2D eigenvalue weighted by Crippen LogP contribution is 1.95. The minimum absolute atomic E-state index is 0.360. The van der Waals surface area contributed by atoms with Crippen LogP contribution in [0.15, 0.2) is 0 Å². The molecule has 0 aliphatic heterocycles.